The summed E-state index contributed by atoms with van der Waals surface area (Å²) in [6.07, 6.45) is 4.90. The zero-order valence-electron chi connectivity index (χ0n) is 12.9. The molecular weight excluding hydrogens is 276 g/mol. The van der Waals surface area contributed by atoms with Crippen molar-refractivity contribution >= 4 is 0 Å². The van der Waals surface area contributed by atoms with Gasteiger partial charge in [-0.3, -0.25) is 4.98 Å². The molecule has 1 heterocycles. The van der Waals surface area contributed by atoms with Gasteiger partial charge in [0.05, 0.1) is 25.1 Å². The largest absolute Gasteiger partial charge is 0.492 e. The van der Waals surface area contributed by atoms with Crippen LogP contribution < -0.4 is 10.5 Å². The molecule has 1 aromatic heterocycles. The maximum atomic E-state index is 5.65. The van der Waals surface area contributed by atoms with Crippen molar-refractivity contribution in [1.29, 1.82) is 0 Å². The van der Waals surface area contributed by atoms with Crippen molar-refractivity contribution in [2.45, 2.75) is 32.4 Å². The third-order valence-corrected chi connectivity index (χ3v) is 3.32. The van der Waals surface area contributed by atoms with Crippen molar-refractivity contribution in [3.05, 3.63) is 59.9 Å². The number of ether oxygens (including phenoxy) is 2. The molecule has 118 valence electrons. The Morgan fingerprint density at radius 2 is 1.73 bits per heavy atom. The van der Waals surface area contributed by atoms with Gasteiger partial charge in [0.25, 0.3) is 0 Å². The van der Waals surface area contributed by atoms with E-state index in [2.05, 4.69) is 17.1 Å². The first kappa shape index (κ1) is 16.5. The van der Waals surface area contributed by atoms with Gasteiger partial charge in [0, 0.05) is 13.2 Å². The van der Waals surface area contributed by atoms with Gasteiger partial charge in [0.2, 0.25) is 0 Å². The van der Waals surface area contributed by atoms with E-state index in [-0.39, 0.29) is 0 Å². The van der Waals surface area contributed by atoms with Crippen LogP contribution in [0.2, 0.25) is 0 Å². The molecule has 0 fully saturated rings. The molecular formula is C18H24N2O2. The number of hydrogen-bond donors (Lipinski definition) is 1. The van der Waals surface area contributed by atoms with E-state index in [1.54, 1.807) is 6.20 Å². The number of aromatic nitrogens is 1. The second kappa shape index (κ2) is 9.92. The van der Waals surface area contributed by atoms with E-state index in [9.17, 15) is 0 Å². The van der Waals surface area contributed by atoms with Crippen molar-refractivity contribution in [3.8, 4) is 5.75 Å². The van der Waals surface area contributed by atoms with Gasteiger partial charge in [-0.2, -0.15) is 0 Å². The van der Waals surface area contributed by atoms with Gasteiger partial charge in [-0.05, 0) is 37.0 Å². The lowest BCUT2D eigenvalue weighted by atomic mass is 10.2. The van der Waals surface area contributed by atoms with E-state index in [0.717, 1.165) is 37.3 Å². The minimum Gasteiger partial charge on any atom is -0.492 e. The van der Waals surface area contributed by atoms with Crippen molar-refractivity contribution in [1.82, 2.24) is 4.98 Å². The highest BCUT2D eigenvalue weighted by Crippen LogP contribution is 2.10. The topological polar surface area (TPSA) is 57.4 Å². The number of unbranched alkanes of at least 4 members (excludes halogenated alkanes) is 2. The van der Waals surface area contributed by atoms with E-state index in [0.29, 0.717) is 19.8 Å². The Labute approximate surface area is 132 Å². The Bertz CT molecular complexity index is 514. The van der Waals surface area contributed by atoms with Crippen LogP contribution in [0.1, 0.15) is 30.5 Å². The molecule has 4 heteroatoms. The summed E-state index contributed by atoms with van der Waals surface area (Å²) in [7, 11) is 0. The van der Waals surface area contributed by atoms with E-state index in [4.69, 9.17) is 15.2 Å². The number of pyridine rings is 1. The van der Waals surface area contributed by atoms with Crippen LogP contribution in [-0.2, 0) is 17.9 Å². The van der Waals surface area contributed by atoms with Crippen molar-refractivity contribution in [2.75, 3.05) is 13.2 Å². The molecule has 0 aliphatic rings. The highest BCUT2D eigenvalue weighted by molar-refractivity contribution is 5.19. The lowest BCUT2D eigenvalue weighted by Crippen LogP contribution is -2.02. The van der Waals surface area contributed by atoms with Gasteiger partial charge in [-0.1, -0.05) is 30.3 Å². The zero-order valence-corrected chi connectivity index (χ0v) is 12.9. The zero-order chi connectivity index (χ0) is 15.5. The Hall–Kier alpha value is -1.91. The average molecular weight is 300 g/mol. The fourth-order valence-electron chi connectivity index (χ4n) is 2.05. The van der Waals surface area contributed by atoms with E-state index in [1.165, 1.54) is 5.56 Å². The SMILES string of the molecule is NCc1ccc(OCCCCCOCc2ccccc2)cn1. The molecule has 0 atom stereocenters. The van der Waals surface area contributed by atoms with Gasteiger partial charge >= 0.3 is 0 Å². The van der Waals surface area contributed by atoms with Crippen LogP contribution >= 0.6 is 0 Å². The van der Waals surface area contributed by atoms with Crippen LogP contribution in [0.15, 0.2) is 48.7 Å². The van der Waals surface area contributed by atoms with E-state index >= 15 is 0 Å². The second-order valence-electron chi connectivity index (χ2n) is 5.14. The molecule has 0 amide bonds. The molecule has 22 heavy (non-hydrogen) atoms. The molecule has 0 saturated heterocycles. The molecule has 0 bridgehead atoms. The van der Waals surface area contributed by atoms with Gasteiger partial charge < -0.3 is 15.2 Å². The van der Waals surface area contributed by atoms with Gasteiger partial charge in [-0.25, -0.2) is 0 Å². The molecule has 0 aliphatic heterocycles. The van der Waals surface area contributed by atoms with E-state index in [1.807, 2.05) is 30.3 Å². The summed E-state index contributed by atoms with van der Waals surface area (Å²) < 4.78 is 11.3. The van der Waals surface area contributed by atoms with Crippen LogP contribution in [-0.4, -0.2) is 18.2 Å². The van der Waals surface area contributed by atoms with Crippen LogP contribution in [0.4, 0.5) is 0 Å². The minimum absolute atomic E-state index is 0.462. The number of hydrogen-bond acceptors (Lipinski definition) is 4. The molecule has 4 nitrogen and oxygen atoms in total. The third-order valence-electron chi connectivity index (χ3n) is 3.32. The van der Waals surface area contributed by atoms with E-state index < -0.39 is 0 Å². The molecule has 2 aromatic rings. The number of rotatable bonds is 10. The first-order valence-electron chi connectivity index (χ1n) is 7.78. The number of nitrogens with two attached hydrogens (primary N) is 1. The Morgan fingerprint density at radius 1 is 0.909 bits per heavy atom. The quantitative estimate of drug-likeness (QED) is 0.684. The summed E-state index contributed by atoms with van der Waals surface area (Å²) in [4.78, 5) is 4.20. The maximum Gasteiger partial charge on any atom is 0.137 e. The molecule has 0 aliphatic carbocycles. The summed E-state index contributed by atoms with van der Waals surface area (Å²) in [6.45, 7) is 2.66. The Morgan fingerprint density at radius 3 is 2.45 bits per heavy atom. The monoisotopic (exact) mass is 300 g/mol. The summed E-state index contributed by atoms with van der Waals surface area (Å²) in [6, 6.07) is 14.1. The van der Waals surface area contributed by atoms with Crippen LogP contribution in [0.25, 0.3) is 0 Å². The fraction of sp³-hybridized carbons (Fsp3) is 0.389. The highest BCUT2D eigenvalue weighted by atomic mass is 16.5. The average Bonchev–Trinajstić information content (AvgIpc) is 2.59. The van der Waals surface area contributed by atoms with Crippen LogP contribution in [0.3, 0.4) is 0 Å². The lowest BCUT2D eigenvalue weighted by molar-refractivity contribution is 0.116. The maximum absolute atomic E-state index is 5.65. The van der Waals surface area contributed by atoms with Crippen LogP contribution in [0.5, 0.6) is 5.75 Å². The first-order valence-corrected chi connectivity index (χ1v) is 7.78. The highest BCUT2D eigenvalue weighted by Gasteiger charge is 1.97. The van der Waals surface area contributed by atoms with Crippen molar-refractivity contribution in [3.63, 3.8) is 0 Å². The summed E-state index contributed by atoms with van der Waals surface area (Å²) >= 11 is 0. The number of nitrogens with zero attached hydrogens (tertiary/aromatic N) is 1. The second-order valence-corrected chi connectivity index (χ2v) is 5.14. The summed E-state index contributed by atoms with van der Waals surface area (Å²) in [5.41, 5.74) is 7.60. The molecule has 0 radical (unpaired) electrons. The predicted molar refractivity (Wildman–Crippen MR) is 87.6 cm³/mol. The first-order chi connectivity index (χ1) is 10.9. The van der Waals surface area contributed by atoms with Crippen molar-refractivity contribution in [2.24, 2.45) is 5.73 Å². The molecule has 2 rings (SSSR count). The van der Waals surface area contributed by atoms with Gasteiger partial charge in [0.15, 0.2) is 0 Å². The molecule has 0 spiro atoms. The standard InChI is InChI=1S/C18H24N2O2/c19-13-17-9-10-18(14-20-17)22-12-6-2-5-11-21-15-16-7-3-1-4-8-16/h1,3-4,7-10,14H,2,5-6,11-13,15,19H2. The predicted octanol–water partition coefficient (Wildman–Crippen LogP) is 3.31. The summed E-state index contributed by atoms with van der Waals surface area (Å²) in [5, 5.41) is 0. The number of benzene rings is 1. The normalized spacial score (nSPS) is 10.6. The lowest BCUT2D eigenvalue weighted by Gasteiger charge is -2.07. The minimum atomic E-state index is 0.462. The molecule has 0 saturated carbocycles. The van der Waals surface area contributed by atoms with Crippen LogP contribution in [0, 0.1) is 0 Å². The third kappa shape index (κ3) is 6.24. The Kier molecular flexibility index (Phi) is 7.43. The van der Waals surface area contributed by atoms with Gasteiger partial charge in [-0.15, -0.1) is 0 Å². The fourth-order valence-corrected chi connectivity index (χ4v) is 2.05. The molecule has 1 aromatic carbocycles. The van der Waals surface area contributed by atoms with Gasteiger partial charge in [0.1, 0.15) is 5.75 Å². The molecule has 0 unspecified atom stereocenters. The summed E-state index contributed by atoms with van der Waals surface area (Å²) in [5.74, 6) is 0.803. The Balaban J connectivity index is 1.47. The van der Waals surface area contributed by atoms with Crippen molar-refractivity contribution < 1.29 is 9.47 Å². The molecule has 2 N–H and O–H groups in total. The smallest absolute Gasteiger partial charge is 0.137 e.